The van der Waals surface area contributed by atoms with Crippen molar-refractivity contribution in [3.05, 3.63) is 0 Å². The molecule has 1 heterocycles. The number of alkyl halides is 3. The lowest BCUT2D eigenvalue weighted by Crippen LogP contribution is -2.28. The summed E-state index contributed by atoms with van der Waals surface area (Å²) in [5.41, 5.74) is 0. The van der Waals surface area contributed by atoms with Crippen LogP contribution in [-0.4, -0.2) is 30.0 Å². The van der Waals surface area contributed by atoms with E-state index in [2.05, 4.69) is 0 Å². The van der Waals surface area contributed by atoms with Crippen molar-refractivity contribution >= 4 is 5.84 Å². The van der Waals surface area contributed by atoms with E-state index in [0.29, 0.717) is 0 Å². The lowest BCUT2D eigenvalue weighted by atomic mass is 10.2. The monoisotopic (exact) mass is 194 g/mol. The summed E-state index contributed by atoms with van der Waals surface area (Å²) >= 11 is 0. The van der Waals surface area contributed by atoms with Gasteiger partial charge in [-0.3, -0.25) is 5.41 Å². The Labute approximate surface area is 75.2 Å². The fraction of sp³-hybridized carbons (Fsp3) is 0.875. The summed E-state index contributed by atoms with van der Waals surface area (Å²) in [6, 6.07) is 0. The van der Waals surface area contributed by atoms with Crippen LogP contribution in [0, 0.1) is 5.41 Å². The van der Waals surface area contributed by atoms with Gasteiger partial charge < -0.3 is 4.90 Å². The minimum Gasteiger partial charge on any atom is -0.361 e. The molecule has 0 radical (unpaired) electrons. The Bertz CT molecular complexity index is 182. The molecule has 0 spiro atoms. The third-order valence-electron chi connectivity index (χ3n) is 2.13. The summed E-state index contributed by atoms with van der Waals surface area (Å²) in [4.78, 5) is 1.73. The van der Waals surface area contributed by atoms with Crippen LogP contribution in [0.3, 0.4) is 0 Å². The number of rotatable bonds is 2. The largest absolute Gasteiger partial charge is 0.389 e. The molecule has 0 aromatic heterocycles. The fourth-order valence-electron chi connectivity index (χ4n) is 1.41. The van der Waals surface area contributed by atoms with Gasteiger partial charge in [0.05, 0.1) is 12.3 Å². The van der Waals surface area contributed by atoms with Crippen molar-refractivity contribution < 1.29 is 13.2 Å². The third-order valence-corrected chi connectivity index (χ3v) is 2.13. The molecule has 0 amide bonds. The van der Waals surface area contributed by atoms with Crippen LogP contribution in [0.5, 0.6) is 0 Å². The van der Waals surface area contributed by atoms with Crippen molar-refractivity contribution in [2.24, 2.45) is 0 Å². The Morgan fingerprint density at radius 2 is 1.77 bits per heavy atom. The predicted molar refractivity (Wildman–Crippen MR) is 43.8 cm³/mol. The quantitative estimate of drug-likeness (QED) is 0.530. The zero-order valence-corrected chi connectivity index (χ0v) is 7.32. The first-order chi connectivity index (χ1) is 5.99. The molecule has 0 saturated carbocycles. The van der Waals surface area contributed by atoms with E-state index in [0.717, 1.165) is 25.9 Å². The molecular weight excluding hydrogens is 181 g/mol. The molecule has 0 aliphatic carbocycles. The van der Waals surface area contributed by atoms with Gasteiger partial charge in [0, 0.05) is 19.5 Å². The first-order valence-electron chi connectivity index (χ1n) is 4.38. The number of hydrogen-bond donors (Lipinski definition) is 1. The third kappa shape index (κ3) is 3.65. The smallest absolute Gasteiger partial charge is 0.361 e. The summed E-state index contributed by atoms with van der Waals surface area (Å²) in [5.74, 6) is 0.134. The summed E-state index contributed by atoms with van der Waals surface area (Å²) in [6.45, 7) is 1.49. The summed E-state index contributed by atoms with van der Waals surface area (Å²) in [7, 11) is 0. The van der Waals surface area contributed by atoms with E-state index in [-0.39, 0.29) is 12.3 Å². The highest BCUT2D eigenvalue weighted by atomic mass is 19.4. The van der Waals surface area contributed by atoms with Crippen molar-refractivity contribution in [1.29, 1.82) is 5.41 Å². The Morgan fingerprint density at radius 3 is 2.23 bits per heavy atom. The van der Waals surface area contributed by atoms with Crippen molar-refractivity contribution in [2.75, 3.05) is 13.1 Å². The van der Waals surface area contributed by atoms with Crippen LogP contribution >= 0.6 is 0 Å². The molecule has 1 N–H and O–H groups in total. The molecule has 1 aliphatic rings. The maximum absolute atomic E-state index is 11.8. The van der Waals surface area contributed by atoms with Crippen molar-refractivity contribution in [2.45, 2.75) is 31.9 Å². The molecule has 13 heavy (non-hydrogen) atoms. The number of nitrogens with zero attached hydrogens (tertiary/aromatic N) is 1. The van der Waals surface area contributed by atoms with Gasteiger partial charge in [-0.1, -0.05) is 0 Å². The lowest BCUT2D eigenvalue weighted by molar-refractivity contribution is -0.133. The summed E-state index contributed by atoms with van der Waals surface area (Å²) in [5, 5.41) is 7.39. The standard InChI is InChI=1S/C8H13F3N2/c9-8(10,11)4-3-7(12)13-5-1-2-6-13/h12H,1-6H2. The van der Waals surface area contributed by atoms with Gasteiger partial charge in [-0.2, -0.15) is 13.2 Å². The number of hydrogen-bond acceptors (Lipinski definition) is 1. The molecule has 0 aromatic carbocycles. The van der Waals surface area contributed by atoms with E-state index in [1.807, 2.05) is 0 Å². The van der Waals surface area contributed by atoms with Crippen LogP contribution in [0.15, 0.2) is 0 Å². The molecule has 1 saturated heterocycles. The van der Waals surface area contributed by atoms with E-state index in [4.69, 9.17) is 5.41 Å². The average molecular weight is 194 g/mol. The summed E-state index contributed by atoms with van der Waals surface area (Å²) in [6.07, 6.45) is -3.19. The zero-order valence-electron chi connectivity index (χ0n) is 7.32. The lowest BCUT2D eigenvalue weighted by Gasteiger charge is -2.18. The molecule has 1 aliphatic heterocycles. The first-order valence-corrected chi connectivity index (χ1v) is 4.38. The van der Waals surface area contributed by atoms with Gasteiger partial charge in [-0.15, -0.1) is 0 Å². The van der Waals surface area contributed by atoms with Crippen molar-refractivity contribution in [1.82, 2.24) is 4.90 Å². The summed E-state index contributed by atoms with van der Waals surface area (Å²) < 4.78 is 35.4. The number of likely N-dealkylation sites (tertiary alicyclic amines) is 1. The van der Waals surface area contributed by atoms with Gasteiger partial charge in [0.1, 0.15) is 0 Å². The Kier molecular flexibility index (Phi) is 3.17. The average Bonchev–Trinajstić information content (AvgIpc) is 2.50. The first kappa shape index (κ1) is 10.3. The Balaban J connectivity index is 2.25. The second-order valence-corrected chi connectivity index (χ2v) is 3.26. The van der Waals surface area contributed by atoms with Crippen LogP contribution in [0.25, 0.3) is 0 Å². The molecule has 5 heteroatoms. The van der Waals surface area contributed by atoms with Gasteiger partial charge in [0.15, 0.2) is 0 Å². The minimum atomic E-state index is -4.13. The molecular formula is C8H13F3N2. The minimum absolute atomic E-state index is 0.134. The number of halogens is 3. The van der Waals surface area contributed by atoms with Gasteiger partial charge in [0.25, 0.3) is 0 Å². The van der Waals surface area contributed by atoms with Crippen molar-refractivity contribution in [3.8, 4) is 0 Å². The van der Waals surface area contributed by atoms with Crippen LogP contribution in [0.1, 0.15) is 25.7 Å². The number of amidine groups is 1. The SMILES string of the molecule is N=C(CCC(F)(F)F)N1CCCC1. The normalized spacial score (nSPS) is 17.9. The van der Waals surface area contributed by atoms with Crippen LogP contribution < -0.4 is 0 Å². The van der Waals surface area contributed by atoms with Gasteiger partial charge in [-0.05, 0) is 12.8 Å². The Morgan fingerprint density at radius 1 is 1.23 bits per heavy atom. The van der Waals surface area contributed by atoms with E-state index < -0.39 is 12.6 Å². The van der Waals surface area contributed by atoms with Gasteiger partial charge >= 0.3 is 6.18 Å². The second-order valence-electron chi connectivity index (χ2n) is 3.26. The fourth-order valence-corrected chi connectivity index (χ4v) is 1.41. The molecule has 76 valence electrons. The molecule has 0 bridgehead atoms. The maximum Gasteiger partial charge on any atom is 0.389 e. The van der Waals surface area contributed by atoms with Crippen LogP contribution in [0.2, 0.25) is 0 Å². The van der Waals surface area contributed by atoms with E-state index in [9.17, 15) is 13.2 Å². The van der Waals surface area contributed by atoms with Crippen molar-refractivity contribution in [3.63, 3.8) is 0 Å². The van der Waals surface area contributed by atoms with Gasteiger partial charge in [-0.25, -0.2) is 0 Å². The predicted octanol–water partition coefficient (Wildman–Crippen LogP) is 2.40. The molecule has 0 atom stereocenters. The van der Waals surface area contributed by atoms with Crippen LogP contribution in [-0.2, 0) is 0 Å². The Hall–Kier alpha value is -0.740. The number of nitrogens with one attached hydrogen (secondary N) is 1. The molecule has 0 aromatic rings. The van der Waals surface area contributed by atoms with E-state index >= 15 is 0 Å². The maximum atomic E-state index is 11.8. The van der Waals surface area contributed by atoms with E-state index in [1.165, 1.54) is 0 Å². The highest BCUT2D eigenvalue weighted by Crippen LogP contribution is 2.22. The topological polar surface area (TPSA) is 27.1 Å². The highest BCUT2D eigenvalue weighted by Gasteiger charge is 2.28. The molecule has 1 rings (SSSR count). The van der Waals surface area contributed by atoms with E-state index in [1.54, 1.807) is 4.90 Å². The molecule has 1 fully saturated rings. The van der Waals surface area contributed by atoms with Gasteiger partial charge in [0.2, 0.25) is 0 Å². The second kappa shape index (κ2) is 3.98. The zero-order chi connectivity index (χ0) is 9.90. The molecule has 0 unspecified atom stereocenters. The van der Waals surface area contributed by atoms with Crippen LogP contribution in [0.4, 0.5) is 13.2 Å². The molecule has 2 nitrogen and oxygen atoms in total. The highest BCUT2D eigenvalue weighted by molar-refractivity contribution is 5.79.